The summed E-state index contributed by atoms with van der Waals surface area (Å²) >= 11 is 0. The van der Waals surface area contributed by atoms with Crippen molar-refractivity contribution in [1.29, 1.82) is 0 Å². The van der Waals surface area contributed by atoms with E-state index in [1.54, 1.807) is 24.3 Å². The van der Waals surface area contributed by atoms with Crippen molar-refractivity contribution in [1.82, 2.24) is 9.55 Å². The maximum atomic E-state index is 13.8. The smallest absolute Gasteiger partial charge is 0.306 e. The van der Waals surface area contributed by atoms with Crippen LogP contribution in [-0.4, -0.2) is 18.0 Å². The van der Waals surface area contributed by atoms with Crippen LogP contribution in [0.15, 0.2) is 87.3 Å². The Balaban J connectivity index is 1.83. The lowest BCUT2D eigenvalue weighted by Crippen LogP contribution is -2.33. The van der Waals surface area contributed by atoms with E-state index in [0.29, 0.717) is 5.52 Å². The Morgan fingerprint density at radius 2 is 1.62 bits per heavy atom. The Morgan fingerprint density at radius 1 is 0.897 bits per heavy atom. The van der Waals surface area contributed by atoms with Crippen molar-refractivity contribution >= 4 is 26.6 Å². The van der Waals surface area contributed by atoms with E-state index in [1.807, 2.05) is 0 Å². The van der Waals surface area contributed by atoms with Gasteiger partial charge in [0.1, 0.15) is 5.82 Å². The molecule has 146 valence electrons. The molecule has 0 radical (unpaired) electrons. The number of aromatic amines is 1. The van der Waals surface area contributed by atoms with Crippen LogP contribution in [-0.2, 0) is 10.0 Å². The zero-order valence-corrected chi connectivity index (χ0v) is 15.6. The molecule has 0 saturated carbocycles. The van der Waals surface area contributed by atoms with E-state index in [0.717, 1.165) is 10.6 Å². The Kier molecular flexibility index (Phi) is 4.51. The third kappa shape index (κ3) is 3.43. The van der Waals surface area contributed by atoms with Crippen molar-refractivity contribution < 1.29 is 12.8 Å². The Hall–Kier alpha value is -3.72. The minimum Gasteiger partial charge on any atom is -0.306 e. The predicted molar refractivity (Wildman–Crippen MR) is 107 cm³/mol. The molecule has 0 amide bonds. The monoisotopic (exact) mass is 411 g/mol. The standard InChI is InChI=1S/C20H14FN3O4S/c21-16-9-2-4-11-18(16)23-29(27,28)14-7-5-6-13(12-14)24-19(25)15-8-1-3-10-17(15)22-20(24)26/h1-12,23H,(H,22,26). The lowest BCUT2D eigenvalue weighted by atomic mass is 10.2. The molecule has 1 heterocycles. The number of benzene rings is 3. The quantitative estimate of drug-likeness (QED) is 0.539. The number of rotatable bonds is 4. The molecular weight excluding hydrogens is 397 g/mol. The first-order valence-corrected chi connectivity index (χ1v) is 9.97. The Labute approximate surface area is 164 Å². The summed E-state index contributed by atoms with van der Waals surface area (Å²) in [6.45, 7) is 0. The van der Waals surface area contributed by atoms with Gasteiger partial charge in [-0.05, 0) is 42.5 Å². The maximum absolute atomic E-state index is 13.8. The minimum absolute atomic E-state index is 0.0680. The molecule has 0 aliphatic rings. The fourth-order valence-corrected chi connectivity index (χ4v) is 4.04. The van der Waals surface area contributed by atoms with Gasteiger partial charge in [0.2, 0.25) is 0 Å². The highest BCUT2D eigenvalue weighted by atomic mass is 32.2. The van der Waals surface area contributed by atoms with Crippen LogP contribution in [0.1, 0.15) is 0 Å². The number of anilines is 1. The number of H-pyrrole nitrogens is 1. The highest BCUT2D eigenvalue weighted by molar-refractivity contribution is 7.92. The van der Waals surface area contributed by atoms with Crippen molar-refractivity contribution in [2.45, 2.75) is 4.90 Å². The average Bonchev–Trinajstić information content (AvgIpc) is 2.70. The van der Waals surface area contributed by atoms with Gasteiger partial charge in [-0.3, -0.25) is 9.52 Å². The van der Waals surface area contributed by atoms with Crippen LogP contribution < -0.4 is 16.0 Å². The summed E-state index contributed by atoms with van der Waals surface area (Å²) in [5.41, 5.74) is -1.05. The number of aromatic nitrogens is 2. The van der Waals surface area contributed by atoms with Gasteiger partial charge in [0, 0.05) is 0 Å². The van der Waals surface area contributed by atoms with Crippen LogP contribution in [0.2, 0.25) is 0 Å². The number of sulfonamides is 1. The van der Waals surface area contributed by atoms with Gasteiger partial charge in [0.15, 0.2) is 0 Å². The molecule has 4 aromatic rings. The number of halogens is 1. The number of fused-ring (bicyclic) bond motifs is 1. The van der Waals surface area contributed by atoms with Gasteiger partial charge in [-0.15, -0.1) is 0 Å². The fourth-order valence-electron chi connectivity index (χ4n) is 2.93. The van der Waals surface area contributed by atoms with Gasteiger partial charge in [0.25, 0.3) is 15.6 Å². The van der Waals surface area contributed by atoms with Gasteiger partial charge in [-0.25, -0.2) is 22.2 Å². The van der Waals surface area contributed by atoms with Crippen LogP contribution in [0.5, 0.6) is 0 Å². The summed E-state index contributed by atoms with van der Waals surface area (Å²) in [7, 11) is -4.15. The van der Waals surface area contributed by atoms with Crippen LogP contribution in [0.3, 0.4) is 0 Å². The van der Waals surface area contributed by atoms with Crippen LogP contribution in [0.4, 0.5) is 10.1 Å². The summed E-state index contributed by atoms with van der Waals surface area (Å²) in [4.78, 5) is 27.6. The summed E-state index contributed by atoms with van der Waals surface area (Å²) in [6, 6.07) is 17.1. The van der Waals surface area contributed by atoms with E-state index in [4.69, 9.17) is 0 Å². The van der Waals surface area contributed by atoms with Gasteiger partial charge in [0.05, 0.1) is 27.2 Å². The first kappa shape index (κ1) is 18.6. The molecule has 4 rings (SSSR count). The predicted octanol–water partition coefficient (Wildman–Crippen LogP) is 2.62. The first-order chi connectivity index (χ1) is 13.9. The maximum Gasteiger partial charge on any atom is 0.333 e. The topological polar surface area (TPSA) is 101 Å². The minimum atomic E-state index is -4.15. The SMILES string of the molecule is O=c1[nH]c2ccccc2c(=O)n1-c1cccc(S(=O)(=O)Nc2ccccc2F)c1. The van der Waals surface area contributed by atoms with E-state index in [9.17, 15) is 22.4 Å². The van der Waals surface area contributed by atoms with Crippen LogP contribution >= 0.6 is 0 Å². The van der Waals surface area contributed by atoms with Crippen LogP contribution in [0.25, 0.3) is 16.6 Å². The Bertz CT molecular complexity index is 1460. The largest absolute Gasteiger partial charge is 0.333 e. The molecular formula is C20H14FN3O4S. The molecule has 0 atom stereocenters. The highest BCUT2D eigenvalue weighted by Gasteiger charge is 2.18. The van der Waals surface area contributed by atoms with Crippen molar-refractivity contribution in [3.8, 4) is 5.69 Å². The fraction of sp³-hybridized carbons (Fsp3) is 0. The molecule has 0 spiro atoms. The molecule has 0 unspecified atom stereocenters. The summed E-state index contributed by atoms with van der Waals surface area (Å²) in [6.07, 6.45) is 0. The molecule has 9 heteroatoms. The molecule has 29 heavy (non-hydrogen) atoms. The van der Waals surface area contributed by atoms with Gasteiger partial charge in [-0.1, -0.05) is 30.3 Å². The van der Waals surface area contributed by atoms with E-state index in [1.165, 1.54) is 42.5 Å². The molecule has 0 bridgehead atoms. The number of nitrogens with zero attached hydrogens (tertiary/aromatic N) is 1. The lowest BCUT2D eigenvalue weighted by molar-refractivity contribution is 0.598. The molecule has 3 aromatic carbocycles. The van der Waals surface area contributed by atoms with Gasteiger partial charge in [-0.2, -0.15) is 0 Å². The number of hydrogen-bond acceptors (Lipinski definition) is 4. The second-order valence-corrected chi connectivity index (χ2v) is 7.88. The lowest BCUT2D eigenvalue weighted by Gasteiger charge is -2.11. The third-order valence-corrected chi connectivity index (χ3v) is 5.67. The Morgan fingerprint density at radius 3 is 2.41 bits per heavy atom. The molecule has 0 aliphatic heterocycles. The van der Waals surface area contributed by atoms with Crippen molar-refractivity contribution in [2.75, 3.05) is 4.72 Å². The van der Waals surface area contributed by atoms with E-state index in [2.05, 4.69) is 9.71 Å². The van der Waals surface area contributed by atoms with E-state index < -0.39 is 27.1 Å². The molecule has 7 nitrogen and oxygen atoms in total. The van der Waals surface area contributed by atoms with E-state index in [-0.39, 0.29) is 21.7 Å². The summed E-state index contributed by atoms with van der Waals surface area (Å²) in [5, 5.41) is 0.282. The third-order valence-electron chi connectivity index (χ3n) is 4.31. The summed E-state index contributed by atoms with van der Waals surface area (Å²) in [5.74, 6) is -0.727. The normalized spacial score (nSPS) is 11.5. The summed E-state index contributed by atoms with van der Waals surface area (Å²) < 4.78 is 42.2. The number of nitrogens with one attached hydrogen (secondary N) is 2. The van der Waals surface area contributed by atoms with E-state index >= 15 is 0 Å². The second kappa shape index (κ2) is 7.02. The number of para-hydroxylation sites is 2. The van der Waals surface area contributed by atoms with Crippen molar-refractivity contribution in [2.24, 2.45) is 0 Å². The van der Waals surface area contributed by atoms with Crippen molar-refractivity contribution in [3.05, 3.63) is 99.5 Å². The van der Waals surface area contributed by atoms with Crippen molar-refractivity contribution in [3.63, 3.8) is 0 Å². The molecule has 1 aromatic heterocycles. The highest BCUT2D eigenvalue weighted by Crippen LogP contribution is 2.20. The molecule has 0 saturated heterocycles. The molecule has 2 N–H and O–H groups in total. The molecule has 0 fully saturated rings. The molecule has 0 aliphatic carbocycles. The zero-order valence-electron chi connectivity index (χ0n) is 14.8. The van der Waals surface area contributed by atoms with Crippen LogP contribution in [0, 0.1) is 5.82 Å². The second-order valence-electron chi connectivity index (χ2n) is 6.20. The van der Waals surface area contributed by atoms with Gasteiger partial charge >= 0.3 is 5.69 Å². The zero-order chi connectivity index (χ0) is 20.6. The average molecular weight is 411 g/mol. The number of hydrogen-bond donors (Lipinski definition) is 2. The first-order valence-electron chi connectivity index (χ1n) is 8.49. The van der Waals surface area contributed by atoms with Gasteiger partial charge < -0.3 is 4.98 Å².